The fraction of sp³-hybridized carbons (Fsp3) is 0.625. The molecule has 1 aromatic rings. The molecule has 102 valence electrons. The second-order valence-corrected chi connectivity index (χ2v) is 5.74. The summed E-state index contributed by atoms with van der Waals surface area (Å²) >= 11 is 0. The number of hydrogen-bond donors (Lipinski definition) is 2. The highest BCUT2D eigenvalue weighted by Gasteiger charge is 2.19. The van der Waals surface area contributed by atoms with E-state index in [1.165, 1.54) is 24.0 Å². The van der Waals surface area contributed by atoms with Crippen molar-refractivity contribution in [2.75, 3.05) is 26.7 Å². The predicted molar refractivity (Wildman–Crippen MR) is 80.2 cm³/mol. The highest BCUT2D eigenvalue weighted by atomic mass is 14.9. The zero-order valence-corrected chi connectivity index (χ0v) is 12.3. The van der Waals surface area contributed by atoms with Crippen molar-refractivity contribution in [3.8, 4) is 0 Å². The van der Waals surface area contributed by atoms with Gasteiger partial charge in [-0.15, -0.1) is 0 Å². The lowest BCUT2D eigenvalue weighted by Crippen LogP contribution is -2.33. The second kappa shape index (κ2) is 7.55. The van der Waals surface area contributed by atoms with Crippen LogP contribution in [0.5, 0.6) is 0 Å². The molecular formula is C16H28N2. The zero-order chi connectivity index (χ0) is 13.4. The normalized spacial score (nSPS) is 11.8. The molecule has 0 heterocycles. The van der Waals surface area contributed by atoms with Crippen molar-refractivity contribution >= 4 is 0 Å². The van der Waals surface area contributed by atoms with Crippen LogP contribution in [0.3, 0.4) is 0 Å². The molecule has 1 rings (SSSR count). The van der Waals surface area contributed by atoms with Gasteiger partial charge in [0.05, 0.1) is 0 Å². The first-order valence-corrected chi connectivity index (χ1v) is 6.99. The van der Waals surface area contributed by atoms with Gasteiger partial charge in [0.25, 0.3) is 0 Å². The van der Waals surface area contributed by atoms with Gasteiger partial charge in [-0.05, 0) is 45.5 Å². The second-order valence-electron chi connectivity index (χ2n) is 5.74. The summed E-state index contributed by atoms with van der Waals surface area (Å²) in [4.78, 5) is 0. The van der Waals surface area contributed by atoms with Gasteiger partial charge in [0.2, 0.25) is 0 Å². The number of benzene rings is 1. The van der Waals surface area contributed by atoms with E-state index in [0.717, 1.165) is 19.6 Å². The third-order valence-corrected chi connectivity index (χ3v) is 3.40. The maximum atomic E-state index is 3.57. The summed E-state index contributed by atoms with van der Waals surface area (Å²) < 4.78 is 0. The number of nitrogens with one attached hydrogen (secondary N) is 2. The van der Waals surface area contributed by atoms with Gasteiger partial charge < -0.3 is 10.6 Å². The van der Waals surface area contributed by atoms with Crippen LogP contribution in [0.4, 0.5) is 0 Å². The minimum atomic E-state index is 0.203. The highest BCUT2D eigenvalue weighted by Crippen LogP contribution is 2.22. The molecule has 0 aliphatic heterocycles. The Morgan fingerprint density at radius 3 is 2.50 bits per heavy atom. The van der Waals surface area contributed by atoms with E-state index in [0.29, 0.717) is 0 Å². The van der Waals surface area contributed by atoms with E-state index in [-0.39, 0.29) is 5.41 Å². The third-order valence-electron chi connectivity index (χ3n) is 3.40. The molecule has 2 heteroatoms. The van der Waals surface area contributed by atoms with E-state index in [9.17, 15) is 0 Å². The Balaban J connectivity index is 2.35. The summed E-state index contributed by atoms with van der Waals surface area (Å²) in [6.45, 7) is 10.0. The first kappa shape index (κ1) is 15.2. The number of hydrogen-bond acceptors (Lipinski definition) is 2. The van der Waals surface area contributed by atoms with Gasteiger partial charge in [-0.3, -0.25) is 0 Å². The molecule has 0 aromatic heterocycles. The minimum absolute atomic E-state index is 0.203. The third kappa shape index (κ3) is 5.19. The quantitative estimate of drug-likeness (QED) is 0.691. The van der Waals surface area contributed by atoms with Gasteiger partial charge in [0.15, 0.2) is 0 Å². The van der Waals surface area contributed by atoms with Crippen LogP contribution >= 0.6 is 0 Å². The summed E-state index contributed by atoms with van der Waals surface area (Å²) in [5.41, 5.74) is 2.97. The van der Waals surface area contributed by atoms with Crippen LogP contribution < -0.4 is 10.6 Å². The van der Waals surface area contributed by atoms with Crippen molar-refractivity contribution in [2.24, 2.45) is 0 Å². The van der Waals surface area contributed by atoms with Crippen molar-refractivity contribution in [1.29, 1.82) is 0 Å². The van der Waals surface area contributed by atoms with Crippen LogP contribution in [0.15, 0.2) is 24.3 Å². The monoisotopic (exact) mass is 248 g/mol. The Kier molecular flexibility index (Phi) is 6.37. The molecule has 0 saturated carbocycles. The molecule has 0 saturated heterocycles. The molecule has 0 bridgehead atoms. The van der Waals surface area contributed by atoms with Crippen molar-refractivity contribution in [1.82, 2.24) is 10.6 Å². The Morgan fingerprint density at radius 2 is 1.83 bits per heavy atom. The smallest absolute Gasteiger partial charge is 0.00431 e. The Bertz CT molecular complexity index is 345. The Morgan fingerprint density at radius 1 is 1.11 bits per heavy atom. The van der Waals surface area contributed by atoms with E-state index in [4.69, 9.17) is 0 Å². The SMILES string of the molecule is CNCCCCNCC(C)(C)c1cccc(C)c1. The highest BCUT2D eigenvalue weighted by molar-refractivity contribution is 5.28. The van der Waals surface area contributed by atoms with Crippen molar-refractivity contribution in [3.63, 3.8) is 0 Å². The van der Waals surface area contributed by atoms with Crippen LogP contribution in [-0.4, -0.2) is 26.7 Å². The fourth-order valence-electron chi connectivity index (χ4n) is 2.12. The molecule has 0 aliphatic rings. The van der Waals surface area contributed by atoms with Crippen LogP contribution in [0, 0.1) is 6.92 Å². The van der Waals surface area contributed by atoms with Gasteiger partial charge in [0, 0.05) is 12.0 Å². The minimum Gasteiger partial charge on any atom is -0.320 e. The lowest BCUT2D eigenvalue weighted by atomic mass is 9.84. The van der Waals surface area contributed by atoms with E-state index in [1.54, 1.807) is 0 Å². The van der Waals surface area contributed by atoms with E-state index < -0.39 is 0 Å². The summed E-state index contributed by atoms with van der Waals surface area (Å²) in [6.07, 6.45) is 2.49. The molecule has 0 unspecified atom stereocenters. The number of aryl methyl sites for hydroxylation is 1. The molecule has 0 radical (unpaired) electrons. The fourth-order valence-corrected chi connectivity index (χ4v) is 2.12. The van der Waals surface area contributed by atoms with Crippen LogP contribution in [0.25, 0.3) is 0 Å². The van der Waals surface area contributed by atoms with Gasteiger partial charge in [-0.2, -0.15) is 0 Å². The molecule has 0 aliphatic carbocycles. The summed E-state index contributed by atoms with van der Waals surface area (Å²) in [7, 11) is 2.01. The van der Waals surface area contributed by atoms with Gasteiger partial charge in [-0.25, -0.2) is 0 Å². The first-order valence-electron chi connectivity index (χ1n) is 6.99. The van der Waals surface area contributed by atoms with Crippen LogP contribution in [0.2, 0.25) is 0 Å². The average molecular weight is 248 g/mol. The maximum Gasteiger partial charge on any atom is 0.00431 e. The molecule has 0 spiro atoms. The molecule has 0 amide bonds. The standard InChI is InChI=1S/C16H28N2/c1-14-8-7-9-15(12-14)16(2,3)13-18-11-6-5-10-17-4/h7-9,12,17-18H,5-6,10-11,13H2,1-4H3. The van der Waals surface area contributed by atoms with E-state index in [2.05, 4.69) is 55.7 Å². The van der Waals surface area contributed by atoms with Crippen molar-refractivity contribution < 1.29 is 0 Å². The Hall–Kier alpha value is -0.860. The topological polar surface area (TPSA) is 24.1 Å². The average Bonchev–Trinajstić information content (AvgIpc) is 2.33. The van der Waals surface area contributed by atoms with Crippen molar-refractivity contribution in [2.45, 2.75) is 39.0 Å². The van der Waals surface area contributed by atoms with Gasteiger partial charge in [-0.1, -0.05) is 43.7 Å². The predicted octanol–water partition coefficient (Wildman–Crippen LogP) is 2.86. The largest absolute Gasteiger partial charge is 0.320 e. The molecule has 2 N–H and O–H groups in total. The molecule has 0 fully saturated rings. The first-order chi connectivity index (χ1) is 8.56. The number of rotatable bonds is 8. The molecule has 2 nitrogen and oxygen atoms in total. The molecular weight excluding hydrogens is 220 g/mol. The number of unbranched alkanes of at least 4 members (excludes halogenated alkanes) is 1. The lowest BCUT2D eigenvalue weighted by Gasteiger charge is -2.26. The van der Waals surface area contributed by atoms with E-state index >= 15 is 0 Å². The molecule has 18 heavy (non-hydrogen) atoms. The summed E-state index contributed by atoms with van der Waals surface area (Å²) in [5.74, 6) is 0. The van der Waals surface area contributed by atoms with Crippen molar-refractivity contribution in [3.05, 3.63) is 35.4 Å². The van der Waals surface area contributed by atoms with E-state index in [1.807, 2.05) is 7.05 Å². The van der Waals surface area contributed by atoms with Crippen LogP contribution in [-0.2, 0) is 5.41 Å². The van der Waals surface area contributed by atoms with Crippen LogP contribution in [0.1, 0.15) is 37.8 Å². The summed E-state index contributed by atoms with van der Waals surface area (Å²) in [6, 6.07) is 8.84. The maximum absolute atomic E-state index is 3.57. The Labute approximate surface area is 112 Å². The molecule has 1 aromatic carbocycles. The zero-order valence-electron chi connectivity index (χ0n) is 12.3. The summed E-state index contributed by atoms with van der Waals surface area (Å²) in [5, 5.41) is 6.75. The van der Waals surface area contributed by atoms with Gasteiger partial charge in [0.1, 0.15) is 0 Å². The lowest BCUT2D eigenvalue weighted by molar-refractivity contribution is 0.462. The molecule has 0 atom stereocenters. The van der Waals surface area contributed by atoms with Gasteiger partial charge >= 0.3 is 0 Å².